The van der Waals surface area contributed by atoms with Crippen LogP contribution in [0.5, 0.6) is 11.8 Å². The largest absolute Gasteiger partial charge is 0.508 e. The second kappa shape index (κ2) is 20.7. The number of β-amino-alcohol motifs (C(OH)–C–C–N with tert-alkyl or cyclic N) is 1. The molecule has 80 heavy (non-hydrogen) atoms. The van der Waals surface area contributed by atoms with E-state index < -0.39 is 29.2 Å². The van der Waals surface area contributed by atoms with Gasteiger partial charge in [0.05, 0.1) is 27.6 Å². The molecule has 6 aliphatic heterocycles. The van der Waals surface area contributed by atoms with E-state index in [0.717, 1.165) is 95.0 Å². The first-order valence-electron chi connectivity index (χ1n) is 29.8. The number of hydrogen-bond donors (Lipinski definition) is 3. The van der Waals surface area contributed by atoms with E-state index in [-0.39, 0.29) is 52.1 Å². The topological polar surface area (TPSA) is 174 Å². The third kappa shape index (κ3) is 9.52. The fraction of sp³-hybridized carbons (Fsp3) is 0.581. The molecule has 18 heteroatoms. The van der Waals surface area contributed by atoms with Gasteiger partial charge in [0.1, 0.15) is 41.2 Å². The molecule has 9 heterocycles. The van der Waals surface area contributed by atoms with Crippen LogP contribution in [0, 0.1) is 17.0 Å². The normalized spacial score (nSPS) is 26.2. The Balaban J connectivity index is 0.615. The molecule has 16 nitrogen and oxygen atoms in total. The summed E-state index contributed by atoms with van der Waals surface area (Å²) in [6, 6.07) is 12.8. The average Bonchev–Trinajstić information content (AvgIpc) is 4.07. The summed E-state index contributed by atoms with van der Waals surface area (Å²) in [7, 11) is 1.77. The number of ether oxygens (including phenoxy) is 1. The average molecular weight is 1100 g/mol. The van der Waals surface area contributed by atoms with Crippen LogP contribution in [0.15, 0.2) is 53.5 Å². The molecule has 13 rings (SSSR count). The van der Waals surface area contributed by atoms with E-state index in [1.165, 1.54) is 56.5 Å². The summed E-state index contributed by atoms with van der Waals surface area (Å²) in [6.07, 6.45) is 17.7. The lowest BCUT2D eigenvalue weighted by molar-refractivity contribution is -0.135. The van der Waals surface area contributed by atoms with Gasteiger partial charge < -0.3 is 29.6 Å². The van der Waals surface area contributed by atoms with E-state index in [9.17, 15) is 24.6 Å². The van der Waals surface area contributed by atoms with E-state index in [4.69, 9.17) is 14.7 Å². The van der Waals surface area contributed by atoms with Crippen LogP contribution in [0.2, 0.25) is 0 Å². The van der Waals surface area contributed by atoms with E-state index in [1.54, 1.807) is 34.5 Å². The highest BCUT2D eigenvalue weighted by Crippen LogP contribution is 2.52. The molecule has 7 fully saturated rings. The predicted octanol–water partition coefficient (Wildman–Crippen LogP) is 8.65. The molecule has 1 saturated carbocycles. The first-order chi connectivity index (χ1) is 38.6. The Morgan fingerprint density at radius 3 is 2.45 bits per heavy atom. The molecule has 1 aliphatic carbocycles. The van der Waals surface area contributed by atoms with Crippen molar-refractivity contribution in [3.8, 4) is 23.0 Å². The Bertz CT molecular complexity index is 3470. The van der Waals surface area contributed by atoms with Crippen molar-refractivity contribution in [1.82, 2.24) is 44.1 Å². The predicted molar refractivity (Wildman–Crippen MR) is 303 cm³/mol. The van der Waals surface area contributed by atoms with Crippen LogP contribution in [0.3, 0.4) is 0 Å². The first-order valence-corrected chi connectivity index (χ1v) is 29.8. The Morgan fingerprint density at radius 2 is 1.68 bits per heavy atom. The van der Waals surface area contributed by atoms with Gasteiger partial charge in [0.15, 0.2) is 5.82 Å². The van der Waals surface area contributed by atoms with Crippen LogP contribution in [-0.4, -0.2) is 143 Å². The number of aromatic hydroxyl groups is 1. The molecular weight excluding hydrogens is 1020 g/mol. The number of nitrogens with one attached hydrogen (secondary N) is 1. The molecule has 7 aliphatic rings. The summed E-state index contributed by atoms with van der Waals surface area (Å²) in [6.45, 7) is 11.6. The maximum atomic E-state index is 17.3. The van der Waals surface area contributed by atoms with Crippen molar-refractivity contribution in [2.75, 3.05) is 63.9 Å². The quantitative estimate of drug-likeness (QED) is 0.0939. The van der Waals surface area contributed by atoms with Crippen LogP contribution in [0.25, 0.3) is 44.0 Å². The second-order valence-corrected chi connectivity index (χ2v) is 25.3. The fourth-order valence-corrected chi connectivity index (χ4v) is 15.9. The molecule has 3 aromatic heterocycles. The molecule has 4 atom stereocenters. The van der Waals surface area contributed by atoms with E-state index in [0.29, 0.717) is 89.9 Å². The van der Waals surface area contributed by atoms with Gasteiger partial charge in [0, 0.05) is 50.4 Å². The van der Waals surface area contributed by atoms with Gasteiger partial charge in [-0.3, -0.25) is 33.9 Å². The zero-order valence-corrected chi connectivity index (χ0v) is 46.6. The van der Waals surface area contributed by atoms with Crippen molar-refractivity contribution < 1.29 is 33.3 Å². The van der Waals surface area contributed by atoms with Crippen LogP contribution in [0.4, 0.5) is 14.6 Å². The van der Waals surface area contributed by atoms with Crippen LogP contribution < -0.4 is 20.6 Å². The smallest absolute Gasteiger partial charge is 0.329 e. The van der Waals surface area contributed by atoms with Gasteiger partial charge in [-0.15, -0.1) is 0 Å². The van der Waals surface area contributed by atoms with E-state index in [2.05, 4.69) is 37.1 Å². The SMILES string of the molecule is CCc1c(F)ccc2cc(O)cc(-c3ncc4c(N5CCC[C@@](C)(O)C5)nc(OC[C@@]56CCCN5[C@H](CCCN5CCC7(CC5)CC(N5CCC(c8ccc9c(c8)n(C)c(=O)n9C8CCC(=O)NC8=O)CC5)C7)CC6)nc4c3F)c12. The number of aliphatic hydroxyl groups is 1. The van der Waals surface area contributed by atoms with Crippen LogP contribution >= 0.6 is 0 Å². The number of pyridine rings is 1. The molecule has 424 valence electrons. The summed E-state index contributed by atoms with van der Waals surface area (Å²) < 4.78 is 42.4. The van der Waals surface area contributed by atoms with Gasteiger partial charge in [-0.1, -0.05) is 19.1 Å². The number of piperidine rings is 4. The number of benzene rings is 3. The monoisotopic (exact) mass is 1090 g/mol. The summed E-state index contributed by atoms with van der Waals surface area (Å²) >= 11 is 0. The minimum absolute atomic E-state index is 0.0277. The maximum absolute atomic E-state index is 17.3. The van der Waals surface area contributed by atoms with Gasteiger partial charge in [-0.2, -0.15) is 9.97 Å². The zero-order chi connectivity index (χ0) is 55.2. The lowest BCUT2D eigenvalue weighted by Gasteiger charge is -2.56. The molecule has 0 bridgehead atoms. The molecule has 6 saturated heterocycles. The van der Waals surface area contributed by atoms with Gasteiger partial charge in [-0.05, 0) is 212 Å². The number of likely N-dealkylation sites (tertiary alicyclic amines) is 2. The summed E-state index contributed by atoms with van der Waals surface area (Å²) in [4.78, 5) is 62.3. The third-order valence-electron chi connectivity index (χ3n) is 20.3. The van der Waals surface area contributed by atoms with Gasteiger partial charge in [-0.25, -0.2) is 13.6 Å². The Morgan fingerprint density at radius 1 is 0.875 bits per heavy atom. The number of hydrogen-bond acceptors (Lipinski definition) is 13. The zero-order valence-electron chi connectivity index (χ0n) is 46.6. The van der Waals surface area contributed by atoms with E-state index >= 15 is 8.78 Å². The number of halogens is 2. The lowest BCUT2D eigenvalue weighted by Crippen LogP contribution is -2.56. The number of aryl methyl sites for hydroxylation is 2. The molecule has 1 spiro atoms. The minimum Gasteiger partial charge on any atom is -0.508 e. The summed E-state index contributed by atoms with van der Waals surface area (Å²) in [5, 5.41) is 25.9. The number of amides is 2. The van der Waals surface area contributed by atoms with E-state index in [1.807, 2.05) is 24.8 Å². The number of anilines is 1. The molecular formula is C62H76F2N10O6. The lowest BCUT2D eigenvalue weighted by atomic mass is 9.59. The van der Waals surface area contributed by atoms with Gasteiger partial charge in [0.25, 0.3) is 0 Å². The number of carbonyl (C=O) groups is 2. The van der Waals surface area contributed by atoms with Crippen molar-refractivity contribution in [2.45, 2.75) is 158 Å². The van der Waals surface area contributed by atoms with Crippen molar-refractivity contribution in [2.24, 2.45) is 12.5 Å². The van der Waals surface area contributed by atoms with Crippen molar-refractivity contribution in [3.63, 3.8) is 0 Å². The number of carbonyl (C=O) groups excluding carboxylic acids is 2. The van der Waals surface area contributed by atoms with Gasteiger partial charge in [0.2, 0.25) is 11.8 Å². The molecule has 6 aromatic rings. The number of nitrogens with zero attached hydrogens (tertiary/aromatic N) is 9. The van der Waals surface area contributed by atoms with Crippen molar-refractivity contribution >= 4 is 50.3 Å². The maximum Gasteiger partial charge on any atom is 0.329 e. The molecule has 3 N–H and O–H groups in total. The first kappa shape index (κ1) is 53.2. The highest BCUT2D eigenvalue weighted by molar-refractivity contribution is 6.02. The Kier molecular flexibility index (Phi) is 13.8. The highest BCUT2D eigenvalue weighted by Gasteiger charge is 2.51. The number of aromatic nitrogens is 5. The molecule has 3 aromatic carbocycles. The Labute approximate surface area is 465 Å². The van der Waals surface area contributed by atoms with Crippen molar-refractivity contribution in [1.29, 1.82) is 0 Å². The summed E-state index contributed by atoms with van der Waals surface area (Å²) in [5.41, 5.74) is 2.63. The number of imidazole rings is 1. The van der Waals surface area contributed by atoms with Crippen LogP contribution in [0.1, 0.15) is 140 Å². The van der Waals surface area contributed by atoms with Gasteiger partial charge >= 0.3 is 11.7 Å². The molecule has 2 amide bonds. The number of phenols is 1. The highest BCUT2D eigenvalue weighted by atomic mass is 19.1. The number of rotatable bonds is 13. The third-order valence-corrected chi connectivity index (χ3v) is 20.3. The number of fused-ring (bicyclic) bond motifs is 4. The fourth-order valence-electron chi connectivity index (χ4n) is 15.9. The molecule has 1 unspecified atom stereocenters. The standard InChI is InChI=1S/C62H76F2N10O6/c1-4-44-47(63)11-9-40-30-43(75)32-45(52(40)44)54-53(64)55-46(35-65-54)56(72-24-6-18-60(2,79)36-72)68-58(67-55)80-37-62-19-7-25-73(62)41(15-20-62)8-5-23-70-28-21-61(22-29-70)33-42(34-61)71-26-16-38(17-27-71)39-10-12-48-50(31-39)69(3)59(78)74(48)49-13-14-51(76)66-57(49)77/h9-12,30-32,35,38,41-42,49,75,79H,4-8,13-29,33-34,36-37H2,1-3H3,(H,66,76,77)/t41-,49?,60-,62+/m1/s1. The number of phenolic OH excluding ortho intramolecular Hbond substituents is 1. The summed E-state index contributed by atoms with van der Waals surface area (Å²) in [5.74, 6) is -1.01. The molecule has 0 radical (unpaired) electrons. The second-order valence-electron chi connectivity index (χ2n) is 25.3. The van der Waals surface area contributed by atoms with Crippen LogP contribution in [-0.2, 0) is 23.1 Å². The number of imide groups is 1. The minimum atomic E-state index is -0.963. The Hall–Kier alpha value is -6.08. The van der Waals surface area contributed by atoms with Crippen molar-refractivity contribution in [3.05, 3.63) is 81.9 Å².